The molecule has 0 heterocycles. The van der Waals surface area contributed by atoms with Crippen LogP contribution in [0.25, 0.3) is 0 Å². The summed E-state index contributed by atoms with van der Waals surface area (Å²) >= 11 is 0. The van der Waals surface area contributed by atoms with E-state index in [2.05, 4.69) is 16.0 Å². The summed E-state index contributed by atoms with van der Waals surface area (Å²) < 4.78 is 13.3. The summed E-state index contributed by atoms with van der Waals surface area (Å²) in [7, 11) is 0. The summed E-state index contributed by atoms with van der Waals surface area (Å²) in [4.78, 5) is 21.3. The molecule has 0 radical (unpaired) electrons. The van der Waals surface area contributed by atoms with Gasteiger partial charge in [-0.3, -0.25) is 4.79 Å². The third-order valence-electron chi connectivity index (χ3n) is 2.50. The predicted octanol–water partition coefficient (Wildman–Crippen LogP) is 0.803. The van der Waals surface area contributed by atoms with Gasteiger partial charge in [0.2, 0.25) is 6.41 Å². The van der Waals surface area contributed by atoms with Crippen LogP contribution >= 0.6 is 0 Å². The van der Waals surface area contributed by atoms with E-state index in [0.717, 1.165) is 0 Å². The van der Waals surface area contributed by atoms with Gasteiger partial charge >= 0.3 is 6.03 Å². The van der Waals surface area contributed by atoms with Crippen molar-refractivity contribution in [3.05, 3.63) is 35.6 Å². The van der Waals surface area contributed by atoms with Crippen LogP contribution in [0.3, 0.4) is 0 Å². The topological polar surface area (TPSA) is 70.2 Å². The van der Waals surface area contributed by atoms with E-state index in [4.69, 9.17) is 0 Å². The first-order valence-electron chi connectivity index (χ1n) is 6.16. The lowest BCUT2D eigenvalue weighted by atomic mass is 10.1. The summed E-state index contributed by atoms with van der Waals surface area (Å²) in [5.41, 5.74) is 0.581. The van der Waals surface area contributed by atoms with E-state index in [1.54, 1.807) is 18.2 Å². The molecule has 0 bridgehead atoms. The molecule has 6 heteroatoms. The van der Waals surface area contributed by atoms with E-state index in [0.29, 0.717) is 44.4 Å². The van der Waals surface area contributed by atoms with Crippen molar-refractivity contribution in [2.75, 3.05) is 19.6 Å². The Morgan fingerprint density at radius 1 is 1.16 bits per heavy atom. The number of nitrogens with one attached hydrogen (secondary N) is 3. The Bertz CT molecular complexity index is 413. The van der Waals surface area contributed by atoms with Crippen LogP contribution < -0.4 is 16.0 Å². The van der Waals surface area contributed by atoms with Crippen molar-refractivity contribution in [3.63, 3.8) is 0 Å². The summed E-state index contributed by atoms with van der Waals surface area (Å²) in [6.45, 7) is 1.38. The minimum absolute atomic E-state index is 0.260. The fourth-order valence-corrected chi connectivity index (χ4v) is 1.53. The molecular formula is C13H18FN3O2. The zero-order valence-electron chi connectivity index (χ0n) is 10.6. The Labute approximate surface area is 111 Å². The first-order valence-corrected chi connectivity index (χ1v) is 6.16. The van der Waals surface area contributed by atoms with Crippen molar-refractivity contribution in [1.82, 2.24) is 16.0 Å². The molecule has 104 valence electrons. The highest BCUT2D eigenvalue weighted by Gasteiger charge is 2.02. The summed E-state index contributed by atoms with van der Waals surface area (Å²) in [6.07, 6.45) is 1.74. The number of hydrogen-bond donors (Lipinski definition) is 3. The highest BCUT2D eigenvalue weighted by molar-refractivity contribution is 5.73. The van der Waals surface area contributed by atoms with Gasteiger partial charge in [0, 0.05) is 19.6 Å². The summed E-state index contributed by atoms with van der Waals surface area (Å²) in [6, 6.07) is 6.20. The van der Waals surface area contributed by atoms with Gasteiger partial charge in [0.25, 0.3) is 0 Å². The van der Waals surface area contributed by atoms with E-state index >= 15 is 0 Å². The number of urea groups is 1. The average Bonchev–Trinajstić information content (AvgIpc) is 2.41. The molecule has 0 aliphatic heterocycles. The van der Waals surface area contributed by atoms with E-state index < -0.39 is 0 Å². The largest absolute Gasteiger partial charge is 0.359 e. The van der Waals surface area contributed by atoms with Gasteiger partial charge < -0.3 is 16.0 Å². The van der Waals surface area contributed by atoms with Crippen molar-refractivity contribution < 1.29 is 14.0 Å². The molecule has 0 atom stereocenters. The minimum atomic E-state index is -0.289. The van der Waals surface area contributed by atoms with Gasteiger partial charge in [-0.1, -0.05) is 18.2 Å². The van der Waals surface area contributed by atoms with Crippen LogP contribution in [0.15, 0.2) is 24.3 Å². The van der Waals surface area contributed by atoms with Gasteiger partial charge in [-0.25, -0.2) is 9.18 Å². The number of carbonyl (C=O) groups is 2. The van der Waals surface area contributed by atoms with Gasteiger partial charge in [-0.05, 0) is 24.5 Å². The third-order valence-corrected chi connectivity index (χ3v) is 2.50. The second-order valence-electron chi connectivity index (χ2n) is 3.95. The molecule has 0 unspecified atom stereocenters. The molecule has 1 rings (SSSR count). The van der Waals surface area contributed by atoms with Gasteiger partial charge in [-0.2, -0.15) is 0 Å². The summed E-state index contributed by atoms with van der Waals surface area (Å²) in [5, 5.41) is 7.78. The minimum Gasteiger partial charge on any atom is -0.359 e. The first-order chi connectivity index (χ1) is 9.24. The number of amides is 3. The Morgan fingerprint density at radius 3 is 2.63 bits per heavy atom. The second-order valence-corrected chi connectivity index (χ2v) is 3.95. The number of benzene rings is 1. The zero-order valence-corrected chi connectivity index (χ0v) is 10.6. The molecule has 3 N–H and O–H groups in total. The highest BCUT2D eigenvalue weighted by Crippen LogP contribution is 2.05. The number of halogens is 1. The lowest BCUT2D eigenvalue weighted by Crippen LogP contribution is -2.37. The van der Waals surface area contributed by atoms with Crippen molar-refractivity contribution >= 4 is 12.4 Å². The van der Waals surface area contributed by atoms with Gasteiger partial charge in [-0.15, -0.1) is 0 Å². The molecule has 1 aromatic carbocycles. The average molecular weight is 267 g/mol. The maximum atomic E-state index is 13.3. The Morgan fingerprint density at radius 2 is 1.89 bits per heavy atom. The normalized spacial score (nSPS) is 9.74. The molecule has 0 spiro atoms. The molecule has 0 aliphatic rings. The lowest BCUT2D eigenvalue weighted by molar-refractivity contribution is -0.109. The molecule has 0 fully saturated rings. The molecule has 0 aromatic heterocycles. The molecule has 0 saturated heterocycles. The molecule has 5 nitrogen and oxygen atoms in total. The molecule has 3 amide bonds. The number of rotatable bonds is 8. The standard InChI is InChI=1S/C13H18FN3O2/c14-12-5-2-1-4-11(12)6-9-17-13(19)16-8-3-7-15-10-18/h1-2,4-5,10H,3,6-9H2,(H,15,18)(H2,16,17,19). The lowest BCUT2D eigenvalue weighted by Gasteiger charge is -2.07. The maximum absolute atomic E-state index is 13.3. The predicted molar refractivity (Wildman–Crippen MR) is 70.2 cm³/mol. The van der Waals surface area contributed by atoms with Crippen LogP contribution in [0, 0.1) is 5.82 Å². The number of carbonyl (C=O) groups excluding carboxylic acids is 2. The monoisotopic (exact) mass is 267 g/mol. The zero-order chi connectivity index (χ0) is 13.9. The Balaban J connectivity index is 2.10. The third kappa shape index (κ3) is 6.40. The van der Waals surface area contributed by atoms with Crippen LogP contribution in [0.2, 0.25) is 0 Å². The highest BCUT2D eigenvalue weighted by atomic mass is 19.1. The van der Waals surface area contributed by atoms with Crippen LogP contribution in [0.1, 0.15) is 12.0 Å². The summed E-state index contributed by atoms with van der Waals surface area (Å²) in [5.74, 6) is -0.260. The van der Waals surface area contributed by atoms with Crippen LogP contribution in [0.5, 0.6) is 0 Å². The van der Waals surface area contributed by atoms with Crippen molar-refractivity contribution in [2.45, 2.75) is 12.8 Å². The fraction of sp³-hybridized carbons (Fsp3) is 0.385. The Kier molecular flexibility index (Phi) is 7.01. The van der Waals surface area contributed by atoms with E-state index in [1.807, 2.05) is 0 Å². The fourth-order valence-electron chi connectivity index (χ4n) is 1.53. The van der Waals surface area contributed by atoms with Crippen molar-refractivity contribution in [2.24, 2.45) is 0 Å². The van der Waals surface area contributed by atoms with Crippen LogP contribution in [-0.4, -0.2) is 32.1 Å². The molecule has 0 saturated carbocycles. The number of hydrogen-bond acceptors (Lipinski definition) is 2. The van der Waals surface area contributed by atoms with Gasteiger partial charge in [0.05, 0.1) is 0 Å². The van der Waals surface area contributed by atoms with E-state index in [9.17, 15) is 14.0 Å². The van der Waals surface area contributed by atoms with Gasteiger partial charge in [0.15, 0.2) is 0 Å². The molecule has 1 aromatic rings. The van der Waals surface area contributed by atoms with Crippen LogP contribution in [-0.2, 0) is 11.2 Å². The van der Waals surface area contributed by atoms with E-state index in [1.165, 1.54) is 6.07 Å². The molecular weight excluding hydrogens is 249 g/mol. The van der Waals surface area contributed by atoms with Crippen molar-refractivity contribution in [3.8, 4) is 0 Å². The van der Waals surface area contributed by atoms with E-state index in [-0.39, 0.29) is 11.8 Å². The molecule has 19 heavy (non-hydrogen) atoms. The maximum Gasteiger partial charge on any atom is 0.314 e. The SMILES string of the molecule is O=CNCCCNC(=O)NCCc1ccccc1F. The first kappa shape index (κ1) is 14.9. The smallest absolute Gasteiger partial charge is 0.314 e. The van der Waals surface area contributed by atoms with Crippen LogP contribution in [0.4, 0.5) is 9.18 Å². The van der Waals surface area contributed by atoms with Gasteiger partial charge in [0.1, 0.15) is 5.82 Å². The quantitative estimate of drug-likeness (QED) is 0.482. The molecule has 0 aliphatic carbocycles. The second kappa shape index (κ2) is 8.91. The Hall–Kier alpha value is -2.11. The van der Waals surface area contributed by atoms with Crippen molar-refractivity contribution in [1.29, 1.82) is 0 Å².